The van der Waals surface area contributed by atoms with Gasteiger partial charge >= 0.3 is 0 Å². The minimum Gasteiger partial charge on any atom is -0.492 e. The number of imidazole rings is 1. The third-order valence-electron chi connectivity index (χ3n) is 5.41. The normalized spacial score (nSPS) is 18.2. The molecule has 0 aliphatic carbocycles. The number of piperidine rings is 1. The number of hydrogen-bond donors (Lipinski definition) is 0. The molecule has 126 valence electrons. The molecule has 0 N–H and O–H groups in total. The van der Waals surface area contributed by atoms with Crippen LogP contribution in [0.1, 0.15) is 18.4 Å². The number of fused-ring (bicyclic) bond motifs is 2. The van der Waals surface area contributed by atoms with Crippen molar-refractivity contribution in [3.63, 3.8) is 0 Å². The largest absolute Gasteiger partial charge is 0.492 e. The fraction of sp³-hybridized carbons (Fsp3) is 0.316. The summed E-state index contributed by atoms with van der Waals surface area (Å²) in [6.07, 6.45) is 7.49. The third kappa shape index (κ3) is 2.36. The number of anilines is 1. The Morgan fingerprint density at radius 3 is 2.52 bits per heavy atom. The number of para-hydroxylation sites is 1. The number of rotatable bonds is 2. The number of ether oxygens (including phenoxy) is 1. The van der Waals surface area contributed by atoms with Crippen LogP contribution in [0.5, 0.6) is 5.75 Å². The molecule has 2 aliphatic rings. The van der Waals surface area contributed by atoms with Crippen molar-refractivity contribution in [2.24, 2.45) is 0 Å². The van der Waals surface area contributed by atoms with Crippen molar-refractivity contribution in [1.82, 2.24) is 19.7 Å². The summed E-state index contributed by atoms with van der Waals surface area (Å²) < 4.78 is 7.79. The van der Waals surface area contributed by atoms with Crippen molar-refractivity contribution >= 4 is 5.82 Å². The Morgan fingerprint density at radius 1 is 0.960 bits per heavy atom. The Kier molecular flexibility index (Phi) is 3.23. The zero-order valence-corrected chi connectivity index (χ0v) is 13.9. The summed E-state index contributed by atoms with van der Waals surface area (Å²) in [6.45, 7) is 2.74. The summed E-state index contributed by atoms with van der Waals surface area (Å²) in [7, 11) is 0. The Bertz CT molecular complexity index is 867. The summed E-state index contributed by atoms with van der Waals surface area (Å²) in [5.41, 5.74) is 1.54. The van der Waals surface area contributed by atoms with E-state index in [1.165, 1.54) is 5.56 Å². The van der Waals surface area contributed by atoms with Gasteiger partial charge in [0.25, 0.3) is 0 Å². The fourth-order valence-electron chi connectivity index (χ4n) is 3.92. The first kappa shape index (κ1) is 14.5. The van der Waals surface area contributed by atoms with E-state index in [9.17, 15) is 0 Å². The van der Waals surface area contributed by atoms with Crippen molar-refractivity contribution in [3.8, 4) is 11.6 Å². The molecule has 1 fully saturated rings. The molecular formula is C19H19N5O. The number of benzene rings is 1. The topological polar surface area (TPSA) is 56.1 Å². The first-order chi connectivity index (χ1) is 12.3. The van der Waals surface area contributed by atoms with Gasteiger partial charge < -0.3 is 9.64 Å². The molecule has 1 saturated heterocycles. The van der Waals surface area contributed by atoms with E-state index in [-0.39, 0.29) is 5.41 Å². The standard InChI is InChI=1S/C19H19N5O/c1-2-4-16-15(3-1)19(13-25-16)7-10-23(11-8-19)17-5-6-18(22-21-17)24-12-9-20-14-24/h1-6,9,12,14H,7-8,10-11,13H2. The quantitative estimate of drug-likeness (QED) is 0.721. The monoisotopic (exact) mass is 333 g/mol. The smallest absolute Gasteiger partial charge is 0.160 e. The van der Waals surface area contributed by atoms with E-state index in [0.717, 1.165) is 49.9 Å². The maximum atomic E-state index is 5.93. The molecule has 4 heterocycles. The van der Waals surface area contributed by atoms with E-state index >= 15 is 0 Å². The molecule has 2 aromatic heterocycles. The number of nitrogens with zero attached hydrogens (tertiary/aromatic N) is 5. The average Bonchev–Trinajstić information content (AvgIpc) is 3.33. The van der Waals surface area contributed by atoms with E-state index < -0.39 is 0 Å². The minimum absolute atomic E-state index is 0.164. The molecule has 0 bridgehead atoms. The maximum absolute atomic E-state index is 5.93. The molecule has 0 atom stereocenters. The van der Waals surface area contributed by atoms with Crippen LogP contribution in [0.15, 0.2) is 55.1 Å². The molecule has 0 saturated carbocycles. The van der Waals surface area contributed by atoms with Crippen LogP contribution < -0.4 is 9.64 Å². The van der Waals surface area contributed by atoms with Gasteiger partial charge in [0, 0.05) is 36.5 Å². The lowest BCUT2D eigenvalue weighted by atomic mass is 9.74. The average molecular weight is 333 g/mol. The molecule has 0 radical (unpaired) electrons. The Labute approximate surface area is 146 Å². The van der Waals surface area contributed by atoms with Gasteiger partial charge in [0.2, 0.25) is 0 Å². The van der Waals surface area contributed by atoms with Gasteiger partial charge in [-0.15, -0.1) is 10.2 Å². The summed E-state index contributed by atoms with van der Waals surface area (Å²) in [5, 5.41) is 8.74. The fourth-order valence-corrected chi connectivity index (χ4v) is 3.92. The lowest BCUT2D eigenvalue weighted by Gasteiger charge is -2.38. The zero-order chi connectivity index (χ0) is 16.7. The molecule has 6 heteroatoms. The molecule has 1 spiro atoms. The van der Waals surface area contributed by atoms with Crippen LogP contribution in [0.3, 0.4) is 0 Å². The first-order valence-corrected chi connectivity index (χ1v) is 8.63. The molecule has 2 aliphatic heterocycles. The molecule has 5 rings (SSSR count). The second-order valence-electron chi connectivity index (χ2n) is 6.77. The van der Waals surface area contributed by atoms with Crippen LogP contribution in [-0.4, -0.2) is 39.4 Å². The summed E-state index contributed by atoms with van der Waals surface area (Å²) in [6, 6.07) is 12.5. The highest BCUT2D eigenvalue weighted by molar-refractivity contribution is 5.47. The molecule has 6 nitrogen and oxygen atoms in total. The molecule has 0 unspecified atom stereocenters. The molecule has 25 heavy (non-hydrogen) atoms. The van der Waals surface area contributed by atoms with Crippen LogP contribution in [-0.2, 0) is 5.41 Å². The van der Waals surface area contributed by atoms with Crippen molar-refractivity contribution in [2.45, 2.75) is 18.3 Å². The van der Waals surface area contributed by atoms with Gasteiger partial charge in [-0.2, -0.15) is 0 Å². The lowest BCUT2D eigenvalue weighted by Crippen LogP contribution is -2.44. The Morgan fingerprint density at radius 2 is 1.76 bits per heavy atom. The van der Waals surface area contributed by atoms with Crippen molar-refractivity contribution in [2.75, 3.05) is 24.6 Å². The summed E-state index contributed by atoms with van der Waals surface area (Å²) in [5.74, 6) is 2.78. The van der Waals surface area contributed by atoms with Crippen LogP contribution >= 0.6 is 0 Å². The van der Waals surface area contributed by atoms with Gasteiger partial charge in [-0.05, 0) is 31.0 Å². The molecule has 0 amide bonds. The van der Waals surface area contributed by atoms with Gasteiger partial charge in [-0.25, -0.2) is 4.98 Å². The number of aromatic nitrogens is 4. The predicted molar refractivity (Wildman–Crippen MR) is 94.2 cm³/mol. The first-order valence-electron chi connectivity index (χ1n) is 8.63. The van der Waals surface area contributed by atoms with E-state index in [1.807, 2.05) is 29.0 Å². The van der Waals surface area contributed by atoms with Gasteiger partial charge in [-0.1, -0.05) is 18.2 Å². The van der Waals surface area contributed by atoms with E-state index in [4.69, 9.17) is 4.74 Å². The molecule has 1 aromatic carbocycles. The van der Waals surface area contributed by atoms with Gasteiger partial charge in [0.05, 0.1) is 6.61 Å². The molecule has 3 aromatic rings. The van der Waals surface area contributed by atoms with Gasteiger partial charge in [-0.3, -0.25) is 4.57 Å². The Balaban J connectivity index is 1.32. The lowest BCUT2D eigenvalue weighted by molar-refractivity contribution is 0.230. The Hall–Kier alpha value is -2.89. The van der Waals surface area contributed by atoms with Crippen LogP contribution in [0, 0.1) is 0 Å². The SMILES string of the molecule is c1ccc2c(c1)OCC21CCN(c2ccc(-n3ccnc3)nn2)CC1. The van der Waals surface area contributed by atoms with E-state index in [2.05, 4.69) is 38.3 Å². The van der Waals surface area contributed by atoms with Gasteiger partial charge in [0.1, 0.15) is 12.1 Å². The highest BCUT2D eigenvalue weighted by Gasteiger charge is 2.43. The van der Waals surface area contributed by atoms with E-state index in [1.54, 1.807) is 12.5 Å². The van der Waals surface area contributed by atoms with Crippen LogP contribution in [0.2, 0.25) is 0 Å². The third-order valence-corrected chi connectivity index (χ3v) is 5.41. The maximum Gasteiger partial charge on any atom is 0.160 e. The van der Waals surface area contributed by atoms with E-state index in [0.29, 0.717) is 0 Å². The zero-order valence-electron chi connectivity index (χ0n) is 13.9. The second kappa shape index (κ2) is 5.58. The summed E-state index contributed by atoms with van der Waals surface area (Å²) in [4.78, 5) is 6.36. The number of hydrogen-bond acceptors (Lipinski definition) is 5. The highest BCUT2D eigenvalue weighted by Crippen LogP contribution is 2.45. The minimum atomic E-state index is 0.164. The summed E-state index contributed by atoms with van der Waals surface area (Å²) >= 11 is 0. The van der Waals surface area contributed by atoms with Gasteiger partial charge in [0.15, 0.2) is 11.6 Å². The predicted octanol–water partition coefficient (Wildman–Crippen LogP) is 2.59. The van der Waals surface area contributed by atoms with Crippen molar-refractivity contribution in [3.05, 3.63) is 60.7 Å². The van der Waals surface area contributed by atoms with Crippen LogP contribution in [0.25, 0.3) is 5.82 Å². The second-order valence-corrected chi connectivity index (χ2v) is 6.77. The van der Waals surface area contributed by atoms with Crippen molar-refractivity contribution in [1.29, 1.82) is 0 Å². The van der Waals surface area contributed by atoms with Crippen LogP contribution in [0.4, 0.5) is 5.82 Å². The van der Waals surface area contributed by atoms with Crippen molar-refractivity contribution < 1.29 is 4.74 Å². The molecular weight excluding hydrogens is 314 g/mol. The highest BCUT2D eigenvalue weighted by atomic mass is 16.5.